The van der Waals surface area contributed by atoms with Crippen molar-refractivity contribution in [3.05, 3.63) is 18.3 Å². The lowest BCUT2D eigenvalue weighted by molar-refractivity contribution is -0.00545. The average molecular weight is 244 g/mol. The van der Waals surface area contributed by atoms with Crippen molar-refractivity contribution in [3.63, 3.8) is 0 Å². The highest BCUT2D eigenvalue weighted by Gasteiger charge is 2.22. The molecule has 4 nitrogen and oxygen atoms in total. The maximum atomic E-state index is 5.67. The minimum atomic E-state index is 0. The Bertz CT molecular complexity index is 321. The Morgan fingerprint density at radius 1 is 1.31 bits per heavy atom. The molecular weight excluding hydrogens is 226 g/mol. The SMILES string of the molecule is CC1CN(c2ccc(N)cn2)CC(C)O1.Cl. The lowest BCUT2D eigenvalue weighted by atomic mass is 10.2. The molecule has 0 spiro atoms. The van der Waals surface area contributed by atoms with Crippen molar-refractivity contribution in [2.45, 2.75) is 26.1 Å². The van der Waals surface area contributed by atoms with E-state index in [9.17, 15) is 0 Å². The van der Waals surface area contributed by atoms with E-state index in [2.05, 4.69) is 23.7 Å². The van der Waals surface area contributed by atoms with Gasteiger partial charge in [-0.15, -0.1) is 12.4 Å². The smallest absolute Gasteiger partial charge is 0.128 e. The standard InChI is InChI=1S/C11H17N3O.ClH/c1-8-6-14(7-9(2)15-8)11-4-3-10(12)5-13-11;/h3-5,8-9H,6-7,12H2,1-2H3;1H. The van der Waals surface area contributed by atoms with Gasteiger partial charge in [-0.05, 0) is 26.0 Å². The molecule has 2 heterocycles. The first kappa shape index (κ1) is 13.1. The van der Waals surface area contributed by atoms with Crippen LogP contribution in [0.3, 0.4) is 0 Å². The summed E-state index contributed by atoms with van der Waals surface area (Å²) in [5.74, 6) is 0.978. The number of rotatable bonds is 1. The highest BCUT2D eigenvalue weighted by Crippen LogP contribution is 2.18. The molecule has 0 aliphatic carbocycles. The number of nitrogens with two attached hydrogens (primary N) is 1. The van der Waals surface area contributed by atoms with Crippen LogP contribution in [0.2, 0.25) is 0 Å². The van der Waals surface area contributed by atoms with Crippen molar-refractivity contribution in [1.82, 2.24) is 4.98 Å². The number of anilines is 2. The highest BCUT2D eigenvalue weighted by atomic mass is 35.5. The van der Waals surface area contributed by atoms with Gasteiger partial charge in [-0.2, -0.15) is 0 Å². The molecule has 2 N–H and O–H groups in total. The summed E-state index contributed by atoms with van der Waals surface area (Å²) in [6.45, 7) is 5.95. The summed E-state index contributed by atoms with van der Waals surface area (Å²) >= 11 is 0. The van der Waals surface area contributed by atoms with E-state index in [0.717, 1.165) is 18.9 Å². The summed E-state index contributed by atoms with van der Waals surface area (Å²) in [6.07, 6.45) is 2.21. The second kappa shape index (κ2) is 5.37. The van der Waals surface area contributed by atoms with Crippen molar-refractivity contribution in [2.24, 2.45) is 0 Å². The van der Waals surface area contributed by atoms with E-state index >= 15 is 0 Å². The average Bonchev–Trinajstić information content (AvgIpc) is 2.17. The van der Waals surface area contributed by atoms with Crippen LogP contribution in [0.1, 0.15) is 13.8 Å². The van der Waals surface area contributed by atoms with Gasteiger partial charge in [0.05, 0.1) is 24.1 Å². The molecule has 5 heteroatoms. The number of nitrogens with zero attached hydrogens (tertiary/aromatic N) is 2. The number of ether oxygens (including phenoxy) is 1. The molecule has 0 aromatic carbocycles. The lowest BCUT2D eigenvalue weighted by Gasteiger charge is -2.36. The first-order chi connectivity index (χ1) is 7.15. The van der Waals surface area contributed by atoms with E-state index in [1.165, 1.54) is 0 Å². The van der Waals surface area contributed by atoms with Gasteiger partial charge < -0.3 is 15.4 Å². The molecule has 1 aliphatic rings. The molecule has 16 heavy (non-hydrogen) atoms. The quantitative estimate of drug-likeness (QED) is 0.816. The third kappa shape index (κ3) is 3.00. The van der Waals surface area contributed by atoms with E-state index in [1.54, 1.807) is 6.20 Å². The number of hydrogen-bond donors (Lipinski definition) is 1. The Morgan fingerprint density at radius 2 is 1.94 bits per heavy atom. The Kier molecular flexibility index (Phi) is 4.38. The second-order valence-electron chi connectivity index (χ2n) is 4.11. The molecule has 1 aliphatic heterocycles. The Balaban J connectivity index is 0.00000128. The zero-order valence-corrected chi connectivity index (χ0v) is 10.4. The summed E-state index contributed by atoms with van der Waals surface area (Å²) in [4.78, 5) is 6.55. The van der Waals surface area contributed by atoms with Gasteiger partial charge in [0.25, 0.3) is 0 Å². The molecular formula is C11H18ClN3O. The lowest BCUT2D eigenvalue weighted by Crippen LogP contribution is -2.45. The van der Waals surface area contributed by atoms with Crippen molar-refractivity contribution >= 4 is 23.9 Å². The van der Waals surface area contributed by atoms with Crippen molar-refractivity contribution in [3.8, 4) is 0 Å². The first-order valence-corrected chi connectivity index (χ1v) is 5.27. The van der Waals surface area contributed by atoms with E-state index in [0.29, 0.717) is 5.69 Å². The Labute approximate surface area is 102 Å². The number of morpholine rings is 1. The molecule has 1 aromatic heterocycles. The van der Waals surface area contributed by atoms with Crippen LogP contribution in [0.5, 0.6) is 0 Å². The van der Waals surface area contributed by atoms with Crippen LogP contribution in [-0.4, -0.2) is 30.3 Å². The molecule has 0 radical (unpaired) electrons. The molecule has 1 aromatic rings. The van der Waals surface area contributed by atoms with Gasteiger partial charge in [0.2, 0.25) is 0 Å². The molecule has 1 fully saturated rings. The third-order valence-corrected chi connectivity index (χ3v) is 2.51. The summed E-state index contributed by atoms with van der Waals surface area (Å²) in [7, 11) is 0. The van der Waals surface area contributed by atoms with E-state index < -0.39 is 0 Å². The van der Waals surface area contributed by atoms with Crippen LogP contribution in [-0.2, 0) is 4.74 Å². The highest BCUT2D eigenvalue weighted by molar-refractivity contribution is 5.85. The minimum Gasteiger partial charge on any atom is -0.397 e. The maximum absolute atomic E-state index is 5.67. The first-order valence-electron chi connectivity index (χ1n) is 5.27. The predicted octanol–water partition coefficient (Wildman–Crippen LogP) is 1.70. The van der Waals surface area contributed by atoms with Crippen LogP contribution in [0, 0.1) is 0 Å². The topological polar surface area (TPSA) is 51.4 Å². The van der Waals surface area contributed by atoms with Crippen LogP contribution < -0.4 is 10.6 Å². The Morgan fingerprint density at radius 3 is 2.44 bits per heavy atom. The largest absolute Gasteiger partial charge is 0.397 e. The zero-order chi connectivity index (χ0) is 10.8. The number of halogens is 1. The van der Waals surface area contributed by atoms with Gasteiger partial charge in [-0.25, -0.2) is 4.98 Å². The minimum absolute atomic E-state index is 0. The summed E-state index contributed by atoms with van der Waals surface area (Å²) in [6, 6.07) is 3.84. The van der Waals surface area contributed by atoms with Gasteiger partial charge in [-0.1, -0.05) is 0 Å². The summed E-state index contributed by atoms with van der Waals surface area (Å²) in [5, 5.41) is 0. The number of aromatic nitrogens is 1. The van der Waals surface area contributed by atoms with Gasteiger partial charge in [-0.3, -0.25) is 0 Å². The molecule has 90 valence electrons. The van der Waals surface area contributed by atoms with E-state index in [1.807, 2.05) is 12.1 Å². The fourth-order valence-electron chi connectivity index (χ4n) is 1.95. The third-order valence-electron chi connectivity index (χ3n) is 2.51. The van der Waals surface area contributed by atoms with E-state index in [-0.39, 0.29) is 24.6 Å². The van der Waals surface area contributed by atoms with Gasteiger partial charge in [0.15, 0.2) is 0 Å². The molecule has 0 amide bonds. The molecule has 1 saturated heterocycles. The molecule has 0 bridgehead atoms. The van der Waals surface area contributed by atoms with Crippen molar-refractivity contribution < 1.29 is 4.74 Å². The molecule has 2 unspecified atom stereocenters. The van der Waals surface area contributed by atoms with Crippen LogP contribution in [0.15, 0.2) is 18.3 Å². The van der Waals surface area contributed by atoms with E-state index in [4.69, 9.17) is 10.5 Å². The second-order valence-corrected chi connectivity index (χ2v) is 4.11. The van der Waals surface area contributed by atoms with Gasteiger partial charge >= 0.3 is 0 Å². The van der Waals surface area contributed by atoms with Crippen molar-refractivity contribution in [1.29, 1.82) is 0 Å². The fourth-order valence-corrected chi connectivity index (χ4v) is 1.95. The monoisotopic (exact) mass is 243 g/mol. The zero-order valence-electron chi connectivity index (χ0n) is 9.59. The fraction of sp³-hybridized carbons (Fsp3) is 0.545. The number of hydrogen-bond acceptors (Lipinski definition) is 4. The predicted molar refractivity (Wildman–Crippen MR) is 68.1 cm³/mol. The maximum Gasteiger partial charge on any atom is 0.128 e. The number of pyridine rings is 1. The van der Waals surface area contributed by atoms with Gasteiger partial charge in [0.1, 0.15) is 5.82 Å². The molecule has 0 saturated carbocycles. The van der Waals surface area contributed by atoms with Crippen LogP contribution in [0.25, 0.3) is 0 Å². The molecule has 2 rings (SSSR count). The summed E-state index contributed by atoms with van der Waals surface area (Å²) < 4.78 is 5.67. The van der Waals surface area contributed by atoms with Gasteiger partial charge in [0, 0.05) is 13.1 Å². The molecule has 2 atom stereocenters. The number of nitrogen functional groups attached to an aromatic ring is 1. The Hall–Kier alpha value is -1.00. The van der Waals surface area contributed by atoms with Crippen LogP contribution >= 0.6 is 12.4 Å². The van der Waals surface area contributed by atoms with Crippen molar-refractivity contribution in [2.75, 3.05) is 23.7 Å². The van der Waals surface area contributed by atoms with Crippen LogP contribution in [0.4, 0.5) is 11.5 Å². The summed E-state index contributed by atoms with van der Waals surface area (Å²) in [5.41, 5.74) is 6.31. The normalized spacial score (nSPS) is 25.0.